The second-order valence-electron chi connectivity index (χ2n) is 3.91. The zero-order valence-corrected chi connectivity index (χ0v) is 10.6. The van der Waals surface area contributed by atoms with E-state index in [4.69, 9.17) is 11.0 Å². The Kier molecular flexibility index (Phi) is 2.82. The van der Waals surface area contributed by atoms with Crippen molar-refractivity contribution >= 4 is 28.5 Å². The van der Waals surface area contributed by atoms with E-state index in [1.807, 2.05) is 30.3 Å². The maximum atomic E-state index is 8.69. The molecule has 3 rings (SSSR count). The van der Waals surface area contributed by atoms with Crippen molar-refractivity contribution in [3.63, 3.8) is 0 Å². The number of anilines is 1. The molecule has 3 N–H and O–H groups in total. The molecule has 2 heterocycles. The lowest BCUT2D eigenvalue weighted by molar-refractivity contribution is 1.07. The Morgan fingerprint density at radius 2 is 2.16 bits per heavy atom. The molecule has 0 bridgehead atoms. The molecule has 3 aromatic rings. The number of benzene rings is 1. The third-order valence-electron chi connectivity index (χ3n) is 2.55. The third-order valence-corrected chi connectivity index (χ3v) is 3.41. The fourth-order valence-corrected chi connectivity index (χ4v) is 2.44. The van der Waals surface area contributed by atoms with Gasteiger partial charge in [-0.2, -0.15) is 5.26 Å². The van der Waals surface area contributed by atoms with Crippen LogP contribution in [0.5, 0.6) is 0 Å². The number of hydrogen-bond acceptors (Lipinski definition) is 5. The minimum atomic E-state index is 0.404. The van der Waals surface area contributed by atoms with Gasteiger partial charge in [-0.05, 0) is 30.3 Å². The molecule has 0 unspecified atom stereocenters. The number of H-pyrrole nitrogens is 1. The van der Waals surface area contributed by atoms with Gasteiger partial charge in [-0.3, -0.25) is 0 Å². The Balaban J connectivity index is 1.90. The van der Waals surface area contributed by atoms with Crippen molar-refractivity contribution in [2.24, 2.45) is 0 Å². The molecular formula is C13H9N5S. The molecule has 0 radical (unpaired) electrons. The lowest BCUT2D eigenvalue weighted by Gasteiger charge is -1.96. The number of aromatic nitrogens is 3. The van der Waals surface area contributed by atoms with E-state index in [1.165, 1.54) is 11.8 Å². The highest BCUT2D eigenvalue weighted by Gasteiger charge is 2.05. The summed E-state index contributed by atoms with van der Waals surface area (Å²) in [5, 5.41) is 9.46. The predicted molar refractivity (Wildman–Crippen MR) is 73.6 cm³/mol. The number of nitrogens with zero attached hydrogens (tertiary/aromatic N) is 3. The van der Waals surface area contributed by atoms with Crippen LogP contribution in [0.15, 0.2) is 46.6 Å². The van der Waals surface area contributed by atoms with Crippen LogP contribution < -0.4 is 5.73 Å². The highest BCUT2D eigenvalue weighted by atomic mass is 32.2. The van der Waals surface area contributed by atoms with Gasteiger partial charge in [0.15, 0.2) is 5.16 Å². The average Bonchev–Trinajstić information content (AvgIpc) is 2.81. The Morgan fingerprint density at radius 3 is 2.89 bits per heavy atom. The second-order valence-corrected chi connectivity index (χ2v) is 4.97. The standard InChI is InChI=1S/C13H9N5S/c14-6-9-2-3-10(7-16-9)19-13-17-11-4-1-8(15)5-12(11)18-13/h1-5,7H,15H2,(H,17,18). The van der Waals surface area contributed by atoms with Gasteiger partial charge in [0.2, 0.25) is 0 Å². The molecule has 1 aromatic carbocycles. The van der Waals surface area contributed by atoms with E-state index in [1.54, 1.807) is 12.3 Å². The number of nitriles is 1. The molecule has 0 saturated carbocycles. The van der Waals surface area contributed by atoms with Gasteiger partial charge in [0.25, 0.3) is 0 Å². The van der Waals surface area contributed by atoms with Crippen molar-refractivity contribution in [2.45, 2.75) is 10.1 Å². The number of pyridine rings is 1. The molecule has 0 saturated heterocycles. The van der Waals surface area contributed by atoms with Crippen LogP contribution >= 0.6 is 11.8 Å². The summed E-state index contributed by atoms with van der Waals surface area (Å²) in [6, 6.07) is 11.1. The summed E-state index contributed by atoms with van der Waals surface area (Å²) in [4.78, 5) is 12.6. The first-order valence-corrected chi connectivity index (χ1v) is 6.35. The summed E-state index contributed by atoms with van der Waals surface area (Å²) in [7, 11) is 0. The number of rotatable bonds is 2. The molecule has 0 aliphatic rings. The molecule has 0 atom stereocenters. The SMILES string of the molecule is N#Cc1ccc(Sc2nc3ccc(N)cc3[nH]2)cn1. The van der Waals surface area contributed by atoms with Gasteiger partial charge >= 0.3 is 0 Å². The Labute approximate surface area is 113 Å². The molecular weight excluding hydrogens is 258 g/mol. The highest BCUT2D eigenvalue weighted by molar-refractivity contribution is 7.99. The molecule has 0 amide bonds. The Hall–Kier alpha value is -2.52. The monoisotopic (exact) mass is 267 g/mol. The Bertz CT molecular complexity index is 770. The molecule has 0 fully saturated rings. The number of imidazole rings is 1. The van der Waals surface area contributed by atoms with Crippen LogP contribution in [0, 0.1) is 11.3 Å². The van der Waals surface area contributed by atoms with E-state index in [9.17, 15) is 0 Å². The lowest BCUT2D eigenvalue weighted by Crippen LogP contribution is -1.82. The van der Waals surface area contributed by atoms with Gasteiger partial charge < -0.3 is 10.7 Å². The number of nitrogens with one attached hydrogen (secondary N) is 1. The van der Waals surface area contributed by atoms with E-state index in [2.05, 4.69) is 15.0 Å². The van der Waals surface area contributed by atoms with Crippen LogP contribution in [-0.4, -0.2) is 15.0 Å². The molecule has 6 heteroatoms. The van der Waals surface area contributed by atoms with Gasteiger partial charge in [-0.1, -0.05) is 11.8 Å². The summed E-state index contributed by atoms with van der Waals surface area (Å²) in [5.41, 5.74) is 8.61. The van der Waals surface area contributed by atoms with Crippen LogP contribution in [0.25, 0.3) is 11.0 Å². The molecule has 92 valence electrons. The van der Waals surface area contributed by atoms with Crippen molar-refractivity contribution in [2.75, 3.05) is 5.73 Å². The zero-order valence-electron chi connectivity index (χ0n) is 9.79. The number of nitrogens with two attached hydrogens (primary N) is 1. The maximum absolute atomic E-state index is 8.69. The molecule has 0 aliphatic heterocycles. The zero-order chi connectivity index (χ0) is 13.2. The van der Waals surface area contributed by atoms with Crippen molar-refractivity contribution in [3.8, 4) is 6.07 Å². The van der Waals surface area contributed by atoms with Crippen LogP contribution in [0.4, 0.5) is 5.69 Å². The minimum absolute atomic E-state index is 0.404. The van der Waals surface area contributed by atoms with Crippen LogP contribution in [-0.2, 0) is 0 Å². The lowest BCUT2D eigenvalue weighted by atomic mass is 10.3. The first-order valence-electron chi connectivity index (χ1n) is 5.54. The third kappa shape index (κ3) is 2.37. The summed E-state index contributed by atoms with van der Waals surface area (Å²) in [5.74, 6) is 0. The van der Waals surface area contributed by atoms with Gasteiger partial charge in [-0.15, -0.1) is 0 Å². The topological polar surface area (TPSA) is 91.4 Å². The first-order chi connectivity index (χ1) is 9.24. The van der Waals surface area contributed by atoms with Crippen LogP contribution in [0.3, 0.4) is 0 Å². The average molecular weight is 267 g/mol. The fraction of sp³-hybridized carbons (Fsp3) is 0. The van der Waals surface area contributed by atoms with Gasteiger partial charge in [0.1, 0.15) is 11.8 Å². The molecule has 19 heavy (non-hydrogen) atoms. The summed E-state index contributed by atoms with van der Waals surface area (Å²) in [6.45, 7) is 0. The largest absolute Gasteiger partial charge is 0.399 e. The molecule has 0 aliphatic carbocycles. The number of fused-ring (bicyclic) bond motifs is 1. The molecule has 5 nitrogen and oxygen atoms in total. The summed E-state index contributed by atoms with van der Waals surface area (Å²) < 4.78 is 0. The summed E-state index contributed by atoms with van der Waals surface area (Å²) >= 11 is 1.46. The Morgan fingerprint density at radius 1 is 1.26 bits per heavy atom. The van der Waals surface area contributed by atoms with Crippen molar-refractivity contribution in [1.82, 2.24) is 15.0 Å². The number of aromatic amines is 1. The summed E-state index contributed by atoms with van der Waals surface area (Å²) in [6.07, 6.45) is 1.66. The van der Waals surface area contributed by atoms with Crippen molar-refractivity contribution in [3.05, 3.63) is 42.2 Å². The first kappa shape index (κ1) is 11.6. The van der Waals surface area contributed by atoms with E-state index >= 15 is 0 Å². The van der Waals surface area contributed by atoms with E-state index in [0.29, 0.717) is 11.4 Å². The quantitative estimate of drug-likeness (QED) is 0.696. The molecule has 2 aromatic heterocycles. The van der Waals surface area contributed by atoms with Crippen LogP contribution in [0.1, 0.15) is 5.69 Å². The normalized spacial score (nSPS) is 10.5. The predicted octanol–water partition coefficient (Wildman–Crippen LogP) is 2.56. The van der Waals surface area contributed by atoms with Gasteiger partial charge in [-0.25, -0.2) is 9.97 Å². The fourth-order valence-electron chi connectivity index (χ4n) is 1.67. The number of nitrogen functional groups attached to an aromatic ring is 1. The van der Waals surface area contributed by atoms with E-state index in [-0.39, 0.29) is 0 Å². The minimum Gasteiger partial charge on any atom is -0.399 e. The van der Waals surface area contributed by atoms with Gasteiger partial charge in [0.05, 0.1) is 11.0 Å². The maximum Gasteiger partial charge on any atom is 0.171 e. The second kappa shape index (κ2) is 4.63. The molecule has 0 spiro atoms. The highest BCUT2D eigenvalue weighted by Crippen LogP contribution is 2.27. The van der Waals surface area contributed by atoms with E-state index in [0.717, 1.165) is 21.1 Å². The van der Waals surface area contributed by atoms with Crippen molar-refractivity contribution < 1.29 is 0 Å². The van der Waals surface area contributed by atoms with E-state index < -0.39 is 0 Å². The smallest absolute Gasteiger partial charge is 0.171 e. The number of hydrogen-bond donors (Lipinski definition) is 2. The van der Waals surface area contributed by atoms with Crippen molar-refractivity contribution in [1.29, 1.82) is 5.26 Å². The van der Waals surface area contributed by atoms with Gasteiger partial charge in [0, 0.05) is 16.8 Å². The van der Waals surface area contributed by atoms with Crippen LogP contribution in [0.2, 0.25) is 0 Å².